The van der Waals surface area contributed by atoms with Crippen LogP contribution in [0.5, 0.6) is 0 Å². The number of hydrogen-bond donors (Lipinski definition) is 1. The molecule has 0 saturated heterocycles. The van der Waals surface area contributed by atoms with Crippen molar-refractivity contribution in [2.24, 2.45) is 0 Å². The van der Waals surface area contributed by atoms with E-state index in [0.717, 1.165) is 11.3 Å². The Hall–Kier alpha value is -2.68. The maximum absolute atomic E-state index is 11.9. The zero-order valence-electron chi connectivity index (χ0n) is 12.0. The molecule has 0 fully saturated rings. The van der Waals surface area contributed by atoms with Gasteiger partial charge < -0.3 is 4.98 Å². The molecule has 1 N–H and O–H groups in total. The Morgan fingerprint density at radius 1 is 1.19 bits per heavy atom. The minimum absolute atomic E-state index is 0.103. The van der Waals surface area contributed by atoms with Crippen LogP contribution in [-0.4, -0.2) is 9.97 Å². The molecular weight excluding hydrogens is 260 g/mol. The van der Waals surface area contributed by atoms with Crippen molar-refractivity contribution >= 4 is 12.2 Å². The molecule has 1 aromatic heterocycles. The van der Waals surface area contributed by atoms with Crippen molar-refractivity contribution in [1.82, 2.24) is 9.97 Å². The van der Waals surface area contributed by atoms with Crippen LogP contribution >= 0.6 is 0 Å². The highest BCUT2D eigenvalue weighted by atomic mass is 16.1. The first-order chi connectivity index (χ1) is 10.2. The summed E-state index contributed by atoms with van der Waals surface area (Å²) in [7, 11) is 0. The van der Waals surface area contributed by atoms with Gasteiger partial charge in [-0.15, -0.1) is 6.58 Å². The van der Waals surface area contributed by atoms with E-state index in [1.807, 2.05) is 55.5 Å². The largest absolute Gasteiger partial charge is 0.307 e. The zero-order chi connectivity index (χ0) is 15.1. The summed E-state index contributed by atoms with van der Waals surface area (Å²) in [6, 6.07) is 10.0. The molecule has 3 heteroatoms. The molecule has 1 heterocycles. The maximum atomic E-state index is 11.9. The quantitative estimate of drug-likeness (QED) is 0.671. The fourth-order valence-electron chi connectivity index (χ4n) is 1.97. The summed E-state index contributed by atoms with van der Waals surface area (Å²) in [5.74, 6) is 0.558. The number of nitrogens with one attached hydrogen (secondary N) is 1. The second kappa shape index (κ2) is 7.20. The van der Waals surface area contributed by atoms with E-state index >= 15 is 0 Å². The monoisotopic (exact) mass is 278 g/mol. The maximum Gasteiger partial charge on any atom is 0.254 e. The molecule has 0 spiro atoms. The van der Waals surface area contributed by atoms with Crippen LogP contribution in [0.25, 0.3) is 12.2 Å². The molecule has 0 unspecified atom stereocenters. The lowest BCUT2D eigenvalue weighted by Gasteiger charge is -2.02. The predicted molar refractivity (Wildman–Crippen MR) is 88.0 cm³/mol. The summed E-state index contributed by atoms with van der Waals surface area (Å²) in [6.07, 6.45) is 9.79. The van der Waals surface area contributed by atoms with E-state index in [1.165, 1.54) is 0 Å². The van der Waals surface area contributed by atoms with Crippen molar-refractivity contribution in [2.75, 3.05) is 0 Å². The molecule has 106 valence electrons. The van der Waals surface area contributed by atoms with Gasteiger partial charge in [0.05, 0.1) is 0 Å². The van der Waals surface area contributed by atoms with Crippen molar-refractivity contribution in [3.05, 3.63) is 88.1 Å². The van der Waals surface area contributed by atoms with Crippen LogP contribution in [0.4, 0.5) is 0 Å². The number of hydrogen-bond acceptors (Lipinski definition) is 2. The van der Waals surface area contributed by atoms with Crippen LogP contribution in [-0.2, 0) is 6.42 Å². The van der Waals surface area contributed by atoms with Gasteiger partial charge in [0.25, 0.3) is 5.56 Å². The first kappa shape index (κ1) is 14.7. The third-order valence-corrected chi connectivity index (χ3v) is 3.04. The summed E-state index contributed by atoms with van der Waals surface area (Å²) >= 11 is 0. The van der Waals surface area contributed by atoms with Gasteiger partial charge in [0.2, 0.25) is 0 Å². The molecule has 0 amide bonds. The average Bonchev–Trinajstić information content (AvgIpc) is 2.48. The van der Waals surface area contributed by atoms with Crippen LogP contribution < -0.4 is 5.56 Å². The Morgan fingerprint density at radius 2 is 1.90 bits per heavy atom. The molecule has 3 nitrogen and oxygen atoms in total. The minimum Gasteiger partial charge on any atom is -0.307 e. The number of aryl methyl sites for hydroxylation is 1. The van der Waals surface area contributed by atoms with E-state index < -0.39 is 0 Å². The lowest BCUT2D eigenvalue weighted by molar-refractivity contribution is 0.976. The van der Waals surface area contributed by atoms with Crippen LogP contribution in [0.2, 0.25) is 0 Å². The predicted octanol–water partition coefficient (Wildman–Crippen LogP) is 3.53. The lowest BCUT2D eigenvalue weighted by Crippen LogP contribution is -2.17. The topological polar surface area (TPSA) is 45.8 Å². The third kappa shape index (κ3) is 4.14. The van der Waals surface area contributed by atoms with Crippen molar-refractivity contribution in [3.8, 4) is 0 Å². The summed E-state index contributed by atoms with van der Waals surface area (Å²) in [6.45, 7) is 5.48. The van der Waals surface area contributed by atoms with E-state index in [-0.39, 0.29) is 5.56 Å². The van der Waals surface area contributed by atoms with E-state index in [9.17, 15) is 4.79 Å². The molecule has 2 rings (SSSR count). The number of aromatic nitrogens is 2. The van der Waals surface area contributed by atoms with Crippen molar-refractivity contribution < 1.29 is 0 Å². The van der Waals surface area contributed by atoms with Gasteiger partial charge in [-0.2, -0.15) is 0 Å². The fourth-order valence-corrected chi connectivity index (χ4v) is 1.97. The van der Waals surface area contributed by atoms with Gasteiger partial charge in [0.1, 0.15) is 5.82 Å². The van der Waals surface area contributed by atoms with Gasteiger partial charge >= 0.3 is 0 Å². The number of allylic oxidation sites excluding steroid dienone is 3. The molecular formula is C18H18N2O. The van der Waals surface area contributed by atoms with Crippen LogP contribution in [0.1, 0.15) is 22.6 Å². The van der Waals surface area contributed by atoms with E-state index in [1.54, 1.807) is 12.2 Å². The Balaban J connectivity index is 2.13. The molecule has 0 saturated carbocycles. The Labute approximate surface area is 124 Å². The average molecular weight is 278 g/mol. The third-order valence-electron chi connectivity index (χ3n) is 3.04. The van der Waals surface area contributed by atoms with Gasteiger partial charge in [-0.3, -0.25) is 4.79 Å². The second-order valence-corrected chi connectivity index (χ2v) is 4.64. The van der Waals surface area contributed by atoms with Gasteiger partial charge in [-0.25, -0.2) is 4.98 Å². The zero-order valence-corrected chi connectivity index (χ0v) is 12.0. The number of H-pyrrole nitrogens is 1. The lowest BCUT2D eigenvalue weighted by atomic mass is 10.1. The van der Waals surface area contributed by atoms with Crippen LogP contribution in [0, 0.1) is 6.92 Å². The van der Waals surface area contributed by atoms with E-state index in [2.05, 4.69) is 16.5 Å². The minimum atomic E-state index is -0.103. The van der Waals surface area contributed by atoms with Gasteiger partial charge in [-0.1, -0.05) is 54.6 Å². The number of nitrogens with zero attached hydrogens (tertiary/aromatic N) is 1. The normalized spacial score (nSPS) is 11.3. The highest BCUT2D eigenvalue weighted by Crippen LogP contribution is 2.04. The van der Waals surface area contributed by atoms with Crippen molar-refractivity contribution in [3.63, 3.8) is 0 Å². The van der Waals surface area contributed by atoms with Crippen molar-refractivity contribution in [1.29, 1.82) is 0 Å². The summed E-state index contributed by atoms with van der Waals surface area (Å²) in [5, 5.41) is 0. The first-order valence-corrected chi connectivity index (χ1v) is 6.81. The highest BCUT2D eigenvalue weighted by Gasteiger charge is 2.04. The SMILES string of the molecule is C=CCc1c(C)nc(/C=C/C=C/c2ccccc2)[nH]c1=O. The van der Waals surface area contributed by atoms with Gasteiger partial charge in [0, 0.05) is 11.3 Å². The molecule has 2 aromatic rings. The molecule has 0 aliphatic rings. The Morgan fingerprint density at radius 3 is 2.57 bits per heavy atom. The molecule has 0 aliphatic carbocycles. The molecule has 0 bridgehead atoms. The summed E-state index contributed by atoms with van der Waals surface area (Å²) in [4.78, 5) is 19.0. The smallest absolute Gasteiger partial charge is 0.254 e. The van der Waals surface area contributed by atoms with E-state index in [0.29, 0.717) is 17.8 Å². The molecule has 0 atom stereocenters. The molecule has 0 aliphatic heterocycles. The van der Waals surface area contributed by atoms with Crippen molar-refractivity contribution in [2.45, 2.75) is 13.3 Å². The van der Waals surface area contributed by atoms with Crippen LogP contribution in [0.15, 0.2) is 59.9 Å². The number of rotatable bonds is 5. The summed E-state index contributed by atoms with van der Waals surface area (Å²) in [5.41, 5.74) is 2.43. The molecule has 0 radical (unpaired) electrons. The Bertz CT molecular complexity index is 725. The first-order valence-electron chi connectivity index (χ1n) is 6.81. The molecule has 1 aromatic carbocycles. The highest BCUT2D eigenvalue weighted by molar-refractivity contribution is 5.54. The second-order valence-electron chi connectivity index (χ2n) is 4.64. The number of aromatic amines is 1. The number of benzene rings is 1. The van der Waals surface area contributed by atoms with E-state index in [4.69, 9.17) is 0 Å². The molecule has 21 heavy (non-hydrogen) atoms. The fraction of sp³-hybridized carbons (Fsp3) is 0.111. The summed E-state index contributed by atoms with van der Waals surface area (Å²) < 4.78 is 0. The standard InChI is InChI=1S/C18H18N2O/c1-3-9-16-14(2)19-17(20-18(16)21)13-8-7-12-15-10-5-4-6-11-15/h3-8,10-13H,1,9H2,2H3,(H,19,20,21)/b12-7+,13-8+. The van der Waals surface area contributed by atoms with Gasteiger partial charge in [-0.05, 0) is 25.0 Å². The Kier molecular flexibility index (Phi) is 5.04. The van der Waals surface area contributed by atoms with Gasteiger partial charge in [0.15, 0.2) is 0 Å². The van der Waals surface area contributed by atoms with Crippen LogP contribution in [0.3, 0.4) is 0 Å².